The fourth-order valence-corrected chi connectivity index (χ4v) is 2.18. The monoisotopic (exact) mass is 355 g/mol. The van der Waals surface area contributed by atoms with Gasteiger partial charge in [0.1, 0.15) is 12.1 Å². The van der Waals surface area contributed by atoms with Crippen LogP contribution in [0.4, 0.5) is 11.6 Å². The van der Waals surface area contributed by atoms with Crippen LogP contribution in [0.5, 0.6) is 29.0 Å². The fourth-order valence-electron chi connectivity index (χ4n) is 2.18. The van der Waals surface area contributed by atoms with Crippen LogP contribution in [0.2, 0.25) is 0 Å². The first-order chi connectivity index (χ1) is 12.7. The van der Waals surface area contributed by atoms with Crippen molar-refractivity contribution in [3.05, 3.63) is 43.0 Å². The van der Waals surface area contributed by atoms with Crippen molar-refractivity contribution in [2.45, 2.75) is 0 Å². The van der Waals surface area contributed by atoms with Crippen LogP contribution in [0.15, 0.2) is 43.0 Å². The molecule has 2 aromatic heterocycles. The smallest absolute Gasteiger partial charge is 0.326 e. The zero-order valence-electron chi connectivity index (χ0n) is 14.5. The zero-order valence-corrected chi connectivity index (χ0v) is 14.5. The lowest BCUT2D eigenvalue weighted by Crippen LogP contribution is -2.02. The molecule has 0 saturated carbocycles. The Morgan fingerprint density at radius 3 is 2.19 bits per heavy atom. The summed E-state index contributed by atoms with van der Waals surface area (Å²) < 4.78 is 21.5. The molecular weight excluding hydrogens is 338 g/mol. The Morgan fingerprint density at radius 1 is 0.885 bits per heavy atom. The van der Waals surface area contributed by atoms with E-state index in [-0.39, 0.29) is 6.01 Å². The van der Waals surface area contributed by atoms with Crippen LogP contribution < -0.4 is 24.3 Å². The molecule has 3 aromatic rings. The number of rotatable bonds is 7. The second-order valence-corrected chi connectivity index (χ2v) is 4.92. The highest BCUT2D eigenvalue weighted by atomic mass is 16.5. The van der Waals surface area contributed by atoms with Crippen molar-refractivity contribution in [1.82, 2.24) is 19.9 Å². The van der Waals surface area contributed by atoms with Gasteiger partial charge in [-0.3, -0.25) is 4.98 Å². The number of hydrogen-bond acceptors (Lipinski definition) is 9. The Labute approximate surface area is 150 Å². The topological polar surface area (TPSA) is 101 Å². The molecule has 1 aromatic carbocycles. The normalized spacial score (nSPS) is 10.1. The summed E-state index contributed by atoms with van der Waals surface area (Å²) in [6, 6.07) is 7.05. The molecule has 9 nitrogen and oxygen atoms in total. The van der Waals surface area contributed by atoms with E-state index in [1.54, 1.807) is 58.0 Å². The van der Waals surface area contributed by atoms with Crippen LogP contribution in [0.3, 0.4) is 0 Å². The number of methoxy groups -OCH3 is 3. The van der Waals surface area contributed by atoms with E-state index in [1.165, 1.54) is 6.33 Å². The van der Waals surface area contributed by atoms with Crippen LogP contribution in [-0.4, -0.2) is 41.3 Å². The Hall–Kier alpha value is -3.62. The third-order valence-corrected chi connectivity index (χ3v) is 3.33. The maximum absolute atomic E-state index is 5.57. The van der Waals surface area contributed by atoms with E-state index >= 15 is 0 Å². The summed E-state index contributed by atoms with van der Waals surface area (Å²) in [5, 5.41) is 3.06. The van der Waals surface area contributed by atoms with E-state index in [4.69, 9.17) is 18.9 Å². The van der Waals surface area contributed by atoms with Gasteiger partial charge >= 0.3 is 6.01 Å². The summed E-state index contributed by atoms with van der Waals surface area (Å²) in [6.45, 7) is 0. The second-order valence-electron chi connectivity index (χ2n) is 4.92. The molecule has 2 heterocycles. The molecule has 0 amide bonds. The average Bonchev–Trinajstić information content (AvgIpc) is 2.68. The standard InChI is InChI=1S/C17H17N5O4/c1-23-13-8-11(9-14(24-2)15(13)25-3)21-16-19-10-20-17(22-16)26-12-4-6-18-7-5-12/h4-10H,1-3H3,(H,19,20,21,22). The number of aromatic nitrogens is 4. The largest absolute Gasteiger partial charge is 0.493 e. The van der Waals surface area contributed by atoms with Crippen LogP contribution in [0.1, 0.15) is 0 Å². The van der Waals surface area contributed by atoms with E-state index in [9.17, 15) is 0 Å². The van der Waals surface area contributed by atoms with Gasteiger partial charge in [-0.1, -0.05) is 0 Å². The Balaban J connectivity index is 1.84. The fraction of sp³-hybridized carbons (Fsp3) is 0.176. The van der Waals surface area contributed by atoms with Crippen molar-refractivity contribution in [3.8, 4) is 29.0 Å². The van der Waals surface area contributed by atoms with Gasteiger partial charge in [-0.05, 0) is 12.1 Å². The van der Waals surface area contributed by atoms with Crippen LogP contribution in [-0.2, 0) is 0 Å². The molecule has 0 bridgehead atoms. The maximum atomic E-state index is 5.57. The minimum atomic E-state index is 0.154. The highest BCUT2D eigenvalue weighted by molar-refractivity contribution is 5.65. The molecule has 26 heavy (non-hydrogen) atoms. The van der Waals surface area contributed by atoms with Crippen molar-refractivity contribution in [2.24, 2.45) is 0 Å². The molecule has 0 radical (unpaired) electrons. The zero-order chi connectivity index (χ0) is 18.4. The summed E-state index contributed by atoms with van der Waals surface area (Å²) in [5.41, 5.74) is 0.653. The molecule has 1 N–H and O–H groups in total. The molecule has 0 spiro atoms. The van der Waals surface area contributed by atoms with Gasteiger partial charge < -0.3 is 24.3 Å². The van der Waals surface area contributed by atoms with Gasteiger partial charge in [-0.25, -0.2) is 4.98 Å². The predicted octanol–water partition coefficient (Wildman–Crippen LogP) is 2.83. The number of benzene rings is 1. The van der Waals surface area contributed by atoms with Gasteiger partial charge in [0.2, 0.25) is 11.7 Å². The van der Waals surface area contributed by atoms with E-state index in [1.807, 2.05) is 0 Å². The molecule has 9 heteroatoms. The number of anilines is 2. The molecule has 0 unspecified atom stereocenters. The van der Waals surface area contributed by atoms with Gasteiger partial charge in [0.15, 0.2) is 11.5 Å². The number of nitrogens with one attached hydrogen (secondary N) is 1. The lowest BCUT2D eigenvalue weighted by Gasteiger charge is -2.14. The first kappa shape index (κ1) is 17.2. The van der Waals surface area contributed by atoms with Gasteiger partial charge in [0.25, 0.3) is 0 Å². The lowest BCUT2D eigenvalue weighted by atomic mass is 10.2. The summed E-state index contributed by atoms with van der Waals surface area (Å²) in [5.74, 6) is 2.40. The lowest BCUT2D eigenvalue weighted by molar-refractivity contribution is 0.324. The van der Waals surface area contributed by atoms with Crippen LogP contribution in [0.25, 0.3) is 0 Å². The van der Waals surface area contributed by atoms with E-state index < -0.39 is 0 Å². The first-order valence-corrected chi connectivity index (χ1v) is 7.57. The Morgan fingerprint density at radius 2 is 1.58 bits per heavy atom. The molecule has 3 rings (SSSR count). The number of pyridine rings is 1. The van der Waals surface area contributed by atoms with Gasteiger partial charge in [0.05, 0.1) is 21.3 Å². The van der Waals surface area contributed by atoms with E-state index in [0.29, 0.717) is 34.6 Å². The van der Waals surface area contributed by atoms with E-state index in [0.717, 1.165) is 0 Å². The SMILES string of the molecule is COc1cc(Nc2ncnc(Oc3ccncc3)n2)cc(OC)c1OC. The number of hydrogen-bond donors (Lipinski definition) is 1. The van der Waals surface area contributed by atoms with Crippen LogP contribution in [0, 0.1) is 0 Å². The summed E-state index contributed by atoms with van der Waals surface area (Å²) in [7, 11) is 4.64. The Kier molecular flexibility index (Phi) is 5.28. The van der Waals surface area contributed by atoms with Gasteiger partial charge in [0, 0.05) is 30.2 Å². The minimum Gasteiger partial charge on any atom is -0.493 e. The van der Waals surface area contributed by atoms with Crippen LogP contribution >= 0.6 is 0 Å². The third-order valence-electron chi connectivity index (χ3n) is 3.33. The third kappa shape index (κ3) is 3.89. The van der Waals surface area contributed by atoms with Gasteiger partial charge in [-0.2, -0.15) is 9.97 Å². The average molecular weight is 355 g/mol. The summed E-state index contributed by atoms with van der Waals surface area (Å²) >= 11 is 0. The second kappa shape index (κ2) is 7.97. The van der Waals surface area contributed by atoms with Crippen molar-refractivity contribution in [1.29, 1.82) is 0 Å². The van der Waals surface area contributed by atoms with Crippen molar-refractivity contribution in [3.63, 3.8) is 0 Å². The van der Waals surface area contributed by atoms with Crippen molar-refractivity contribution in [2.75, 3.05) is 26.6 Å². The predicted molar refractivity (Wildman–Crippen MR) is 93.5 cm³/mol. The molecule has 0 aliphatic heterocycles. The molecular formula is C17H17N5O4. The van der Waals surface area contributed by atoms with Crippen molar-refractivity contribution >= 4 is 11.6 Å². The highest BCUT2D eigenvalue weighted by Gasteiger charge is 2.14. The molecule has 0 fully saturated rings. The minimum absolute atomic E-state index is 0.154. The molecule has 0 aliphatic carbocycles. The molecule has 0 aliphatic rings. The number of nitrogens with zero attached hydrogens (tertiary/aromatic N) is 4. The first-order valence-electron chi connectivity index (χ1n) is 7.57. The summed E-state index contributed by atoms with van der Waals surface area (Å²) in [4.78, 5) is 16.2. The quantitative estimate of drug-likeness (QED) is 0.685. The Bertz CT molecular complexity index is 851. The highest BCUT2D eigenvalue weighted by Crippen LogP contribution is 2.40. The molecule has 134 valence electrons. The molecule has 0 saturated heterocycles. The van der Waals surface area contributed by atoms with Crippen molar-refractivity contribution < 1.29 is 18.9 Å². The summed E-state index contributed by atoms with van der Waals surface area (Å²) in [6.07, 6.45) is 4.58. The maximum Gasteiger partial charge on any atom is 0.326 e. The number of ether oxygens (including phenoxy) is 4. The van der Waals surface area contributed by atoms with E-state index in [2.05, 4.69) is 25.3 Å². The molecule has 0 atom stereocenters. The van der Waals surface area contributed by atoms with Gasteiger partial charge in [-0.15, -0.1) is 0 Å².